The van der Waals surface area contributed by atoms with Gasteiger partial charge in [-0.3, -0.25) is 0 Å². The first-order valence-electron chi connectivity index (χ1n) is 17.4. The van der Waals surface area contributed by atoms with Gasteiger partial charge in [0.1, 0.15) is 8.07 Å². The van der Waals surface area contributed by atoms with Crippen molar-refractivity contribution < 1.29 is 0 Å². The number of aromatic amines is 2. The number of aromatic nitrogens is 4. The fourth-order valence-electron chi connectivity index (χ4n) is 7.59. The van der Waals surface area contributed by atoms with E-state index in [2.05, 4.69) is 193 Å². The quantitative estimate of drug-likeness (QED) is 0.179. The highest BCUT2D eigenvalue weighted by Crippen LogP contribution is 2.36. The van der Waals surface area contributed by atoms with Crippen LogP contribution in [0, 0.1) is 0 Å². The molecule has 2 aliphatic heterocycles. The summed E-state index contributed by atoms with van der Waals surface area (Å²) in [5.41, 5.74) is 14.4. The highest BCUT2D eigenvalue weighted by atomic mass is 28.3. The summed E-state index contributed by atoms with van der Waals surface area (Å²) in [6, 6.07) is 51.5. The summed E-state index contributed by atoms with van der Waals surface area (Å²) in [6.07, 6.45) is 8.70. The van der Waals surface area contributed by atoms with Gasteiger partial charge in [-0.05, 0) is 70.4 Å². The Bertz CT molecular complexity index is 2600. The van der Waals surface area contributed by atoms with Crippen molar-refractivity contribution in [2.24, 2.45) is 0 Å². The molecular formula is C46H36N4Si. The maximum Gasteiger partial charge on any atom is 0.117 e. The van der Waals surface area contributed by atoms with Crippen molar-refractivity contribution in [2.75, 3.05) is 0 Å². The van der Waals surface area contributed by atoms with Crippen molar-refractivity contribution in [2.45, 2.75) is 13.1 Å². The summed E-state index contributed by atoms with van der Waals surface area (Å²) >= 11 is 0. The van der Waals surface area contributed by atoms with Crippen LogP contribution < -0.4 is 10.4 Å². The van der Waals surface area contributed by atoms with Crippen LogP contribution in [0.15, 0.2) is 146 Å². The minimum atomic E-state index is -2.29. The lowest BCUT2D eigenvalue weighted by atomic mass is 10.0. The molecule has 0 spiro atoms. The van der Waals surface area contributed by atoms with E-state index in [1.807, 2.05) is 0 Å². The summed E-state index contributed by atoms with van der Waals surface area (Å²) < 4.78 is 0. The zero-order valence-corrected chi connectivity index (χ0v) is 29.6. The molecule has 4 nitrogen and oxygen atoms in total. The molecule has 3 aromatic heterocycles. The number of nitrogens with zero attached hydrogens (tertiary/aromatic N) is 2. The molecule has 244 valence electrons. The molecule has 0 saturated carbocycles. The smallest absolute Gasteiger partial charge is 0.117 e. The van der Waals surface area contributed by atoms with Gasteiger partial charge in [0.25, 0.3) is 0 Å². The third-order valence-corrected chi connectivity index (χ3v) is 13.6. The Hall–Kier alpha value is -6.30. The monoisotopic (exact) mass is 672 g/mol. The molecular weight excluding hydrogens is 637 g/mol. The summed E-state index contributed by atoms with van der Waals surface area (Å²) in [6.45, 7) is 4.86. The molecule has 0 fully saturated rings. The highest BCUT2D eigenvalue weighted by Gasteiger charge is 2.31. The summed E-state index contributed by atoms with van der Waals surface area (Å²) in [7, 11) is -2.29. The Balaban J connectivity index is 1.48. The number of H-pyrrole nitrogens is 2. The fraction of sp³-hybridized carbons (Fsp3) is 0.0435. The van der Waals surface area contributed by atoms with E-state index >= 15 is 0 Å². The Morgan fingerprint density at radius 3 is 1.14 bits per heavy atom. The maximum atomic E-state index is 5.50. The van der Waals surface area contributed by atoms with Gasteiger partial charge in [0, 0.05) is 38.8 Å². The van der Waals surface area contributed by atoms with Gasteiger partial charge in [-0.2, -0.15) is 0 Å². The van der Waals surface area contributed by atoms with E-state index in [1.54, 1.807) is 0 Å². The Labute approximate surface area is 298 Å². The molecule has 2 N–H and O–H groups in total. The van der Waals surface area contributed by atoms with Crippen LogP contribution >= 0.6 is 0 Å². The lowest BCUT2D eigenvalue weighted by Crippen LogP contribution is -2.54. The first-order valence-corrected chi connectivity index (χ1v) is 20.4. The average molecular weight is 673 g/mol. The standard InChI is InChI=1S/C46H36N4Si/c1-51(2,34-21-13-6-14-22-34)46-41-29-27-39(49-41)44(32-17-9-4-10-18-32)37-25-23-35(47-37)43(31-15-7-3-8-16-31)36-24-26-38(48-36)45(33-19-11-5-12-20-33)40-28-30-42(46)50-40/h3-30,47,50H,1-2H3. The van der Waals surface area contributed by atoms with Crippen molar-refractivity contribution in [3.8, 4) is 33.4 Å². The molecule has 7 aromatic rings. The van der Waals surface area contributed by atoms with E-state index < -0.39 is 8.07 Å². The van der Waals surface area contributed by atoms with E-state index in [4.69, 9.17) is 9.97 Å². The zero-order chi connectivity index (χ0) is 34.4. The average Bonchev–Trinajstić information content (AvgIpc) is 4.01. The number of hydrogen-bond acceptors (Lipinski definition) is 2. The number of hydrogen-bond donors (Lipinski definition) is 2. The topological polar surface area (TPSA) is 57.4 Å². The number of nitrogens with one attached hydrogen (secondary N) is 2. The normalized spacial score (nSPS) is 12.4. The second-order valence-corrected chi connectivity index (χ2v) is 17.9. The highest BCUT2D eigenvalue weighted by molar-refractivity contribution is 7.01. The number of benzene rings is 4. The maximum absolute atomic E-state index is 5.50. The second-order valence-electron chi connectivity index (χ2n) is 13.6. The zero-order valence-electron chi connectivity index (χ0n) is 28.6. The van der Waals surface area contributed by atoms with Gasteiger partial charge in [0.2, 0.25) is 0 Å². The molecule has 0 radical (unpaired) electrons. The fourth-order valence-corrected chi connectivity index (χ4v) is 10.5. The van der Waals surface area contributed by atoms with Crippen LogP contribution in [-0.2, 0) is 0 Å². The molecule has 4 aromatic carbocycles. The van der Waals surface area contributed by atoms with E-state index in [-0.39, 0.29) is 0 Å². The summed E-state index contributed by atoms with van der Waals surface area (Å²) in [4.78, 5) is 18.6. The predicted octanol–water partition coefficient (Wildman–Crippen LogP) is 10.5. The van der Waals surface area contributed by atoms with Gasteiger partial charge in [-0.15, -0.1) is 0 Å². The largest absolute Gasteiger partial charge is 0.355 e. The molecule has 0 atom stereocenters. The minimum Gasteiger partial charge on any atom is -0.355 e. The Kier molecular flexibility index (Phi) is 7.56. The number of fused-ring (bicyclic) bond motifs is 8. The van der Waals surface area contributed by atoms with Crippen LogP contribution in [0.25, 0.3) is 79.8 Å². The van der Waals surface area contributed by atoms with Crippen LogP contribution in [0.3, 0.4) is 0 Å². The van der Waals surface area contributed by atoms with Crippen LogP contribution in [0.5, 0.6) is 0 Å². The van der Waals surface area contributed by atoms with Gasteiger partial charge in [0.05, 0.1) is 22.8 Å². The van der Waals surface area contributed by atoms with Gasteiger partial charge in [0.15, 0.2) is 0 Å². The minimum absolute atomic E-state index is 0.914. The molecule has 0 amide bonds. The molecule has 0 aliphatic carbocycles. The molecule has 5 heterocycles. The molecule has 0 saturated heterocycles. The predicted molar refractivity (Wildman–Crippen MR) is 218 cm³/mol. The Morgan fingerprint density at radius 1 is 0.373 bits per heavy atom. The van der Waals surface area contributed by atoms with Gasteiger partial charge in [-0.1, -0.05) is 140 Å². The van der Waals surface area contributed by atoms with Crippen molar-refractivity contribution in [3.05, 3.63) is 168 Å². The molecule has 9 rings (SSSR count). The van der Waals surface area contributed by atoms with Crippen LogP contribution in [0.4, 0.5) is 0 Å². The molecule has 8 bridgehead atoms. The lowest BCUT2D eigenvalue weighted by Gasteiger charge is -2.24. The van der Waals surface area contributed by atoms with E-state index in [0.717, 1.165) is 78.2 Å². The number of rotatable bonds is 5. The first kappa shape index (κ1) is 30.7. The Morgan fingerprint density at radius 2 is 0.706 bits per heavy atom. The third-order valence-electron chi connectivity index (χ3n) is 10.1. The summed E-state index contributed by atoms with van der Waals surface area (Å²) in [5, 5.41) is 2.62. The SMILES string of the molecule is C[Si](C)(c1ccccc1)c1c2nc(c(-c3ccccc3)c3ccc([nH]3)c(-c3ccccc3)c3nc(c(-c4ccccc4)c4ccc1[nH]4)C=C3)C=C2. The molecule has 0 unspecified atom stereocenters. The van der Waals surface area contributed by atoms with Gasteiger partial charge in [-0.25, -0.2) is 9.97 Å². The van der Waals surface area contributed by atoms with Crippen LogP contribution in [0.2, 0.25) is 13.1 Å². The van der Waals surface area contributed by atoms with Crippen LogP contribution in [0.1, 0.15) is 22.8 Å². The molecule has 2 aliphatic rings. The van der Waals surface area contributed by atoms with E-state index in [0.29, 0.717) is 0 Å². The van der Waals surface area contributed by atoms with Crippen molar-refractivity contribution in [1.29, 1.82) is 0 Å². The van der Waals surface area contributed by atoms with Gasteiger partial charge < -0.3 is 9.97 Å². The second kappa shape index (κ2) is 12.5. The van der Waals surface area contributed by atoms with Crippen molar-refractivity contribution >= 4 is 64.8 Å². The van der Waals surface area contributed by atoms with Gasteiger partial charge >= 0.3 is 0 Å². The first-order chi connectivity index (χ1) is 25.0. The summed E-state index contributed by atoms with van der Waals surface area (Å²) in [5.74, 6) is 0. The van der Waals surface area contributed by atoms with E-state index in [9.17, 15) is 0 Å². The van der Waals surface area contributed by atoms with Crippen molar-refractivity contribution in [3.63, 3.8) is 0 Å². The molecule has 5 heteroatoms. The van der Waals surface area contributed by atoms with E-state index in [1.165, 1.54) is 10.4 Å². The third kappa shape index (κ3) is 5.48. The van der Waals surface area contributed by atoms with Crippen LogP contribution in [-0.4, -0.2) is 28.0 Å². The lowest BCUT2D eigenvalue weighted by molar-refractivity contribution is 1.31. The van der Waals surface area contributed by atoms with Crippen molar-refractivity contribution in [1.82, 2.24) is 19.9 Å². The molecule has 51 heavy (non-hydrogen) atoms.